The number of carboxylic acids is 1. The van der Waals surface area contributed by atoms with Gasteiger partial charge in [-0.25, -0.2) is 0 Å². The van der Waals surface area contributed by atoms with Crippen LogP contribution in [-0.4, -0.2) is 48.2 Å². The van der Waals surface area contributed by atoms with Crippen LogP contribution >= 0.6 is 11.6 Å². The van der Waals surface area contributed by atoms with Crippen LogP contribution in [-0.2, 0) is 11.2 Å². The van der Waals surface area contributed by atoms with Crippen LogP contribution in [0.25, 0.3) is 0 Å². The van der Waals surface area contributed by atoms with Crippen LogP contribution in [0.15, 0.2) is 54.6 Å². The zero-order valence-corrected chi connectivity index (χ0v) is 14.2. The average Bonchev–Trinajstić information content (AvgIpc) is 2.62. The van der Waals surface area contributed by atoms with Gasteiger partial charge in [0, 0.05) is 36.9 Å². The fourth-order valence-corrected chi connectivity index (χ4v) is 3.27. The van der Waals surface area contributed by atoms with Crippen LogP contribution in [0.1, 0.15) is 5.56 Å². The second-order valence-corrected chi connectivity index (χ2v) is 6.48. The maximum atomic E-state index is 11.7. The lowest BCUT2D eigenvalue weighted by Crippen LogP contribution is -2.53. The molecular weight excluding hydrogens is 324 g/mol. The monoisotopic (exact) mass is 344 g/mol. The highest BCUT2D eigenvalue weighted by atomic mass is 35.5. The first-order valence-electron chi connectivity index (χ1n) is 8.15. The molecule has 1 atom stereocenters. The molecule has 1 fully saturated rings. The quantitative estimate of drug-likeness (QED) is 0.905. The van der Waals surface area contributed by atoms with Gasteiger partial charge in [0.2, 0.25) is 0 Å². The Morgan fingerprint density at radius 1 is 1.00 bits per heavy atom. The maximum Gasteiger partial charge on any atom is 0.321 e. The summed E-state index contributed by atoms with van der Waals surface area (Å²) in [6, 6.07) is 17.2. The van der Waals surface area contributed by atoms with Crippen LogP contribution in [0.5, 0.6) is 0 Å². The second-order valence-electron chi connectivity index (χ2n) is 6.04. The van der Waals surface area contributed by atoms with Crippen molar-refractivity contribution in [2.75, 3.05) is 31.1 Å². The van der Waals surface area contributed by atoms with Gasteiger partial charge in [0.25, 0.3) is 0 Å². The molecule has 0 unspecified atom stereocenters. The van der Waals surface area contributed by atoms with Gasteiger partial charge in [-0.3, -0.25) is 9.69 Å². The first-order valence-corrected chi connectivity index (χ1v) is 8.52. The van der Waals surface area contributed by atoms with Crippen LogP contribution in [0.2, 0.25) is 5.02 Å². The molecule has 1 heterocycles. The SMILES string of the molecule is O=C(O)[C@H](Cc1ccc(Cl)cc1)N1CCN(c2ccccc2)CC1. The summed E-state index contributed by atoms with van der Waals surface area (Å²) in [6.07, 6.45) is 0.498. The number of halogens is 1. The Labute approximate surface area is 147 Å². The third-order valence-electron chi connectivity index (χ3n) is 4.50. The van der Waals surface area contributed by atoms with Crippen molar-refractivity contribution in [2.45, 2.75) is 12.5 Å². The maximum absolute atomic E-state index is 11.7. The molecule has 0 aromatic heterocycles. The van der Waals surface area contributed by atoms with Crippen LogP contribution in [0.4, 0.5) is 5.69 Å². The fraction of sp³-hybridized carbons (Fsp3) is 0.316. The number of piperazine rings is 1. The molecule has 0 spiro atoms. The molecule has 1 aliphatic heterocycles. The molecule has 2 aromatic rings. The lowest BCUT2D eigenvalue weighted by Gasteiger charge is -2.38. The highest BCUT2D eigenvalue weighted by molar-refractivity contribution is 6.30. The van der Waals surface area contributed by atoms with Crippen molar-refractivity contribution in [3.63, 3.8) is 0 Å². The normalized spacial score (nSPS) is 16.8. The molecule has 4 nitrogen and oxygen atoms in total. The van der Waals surface area contributed by atoms with Crippen molar-refractivity contribution in [1.29, 1.82) is 0 Å². The lowest BCUT2D eigenvalue weighted by molar-refractivity contribution is -0.143. The number of benzene rings is 2. The summed E-state index contributed by atoms with van der Waals surface area (Å²) in [7, 11) is 0. The standard InChI is InChI=1S/C19H21ClN2O2/c20-16-8-6-15(7-9-16)14-18(19(23)24)22-12-10-21(11-13-22)17-4-2-1-3-5-17/h1-9,18H,10-14H2,(H,23,24)/t18-/m0/s1. The van der Waals surface area contributed by atoms with Gasteiger partial charge in [-0.2, -0.15) is 0 Å². The largest absolute Gasteiger partial charge is 0.480 e. The number of carboxylic acid groups (broad SMARTS) is 1. The molecule has 0 radical (unpaired) electrons. The predicted octanol–water partition coefficient (Wildman–Crippen LogP) is 3.16. The molecule has 0 saturated carbocycles. The molecule has 1 aliphatic rings. The van der Waals surface area contributed by atoms with E-state index >= 15 is 0 Å². The van der Waals surface area contributed by atoms with Gasteiger partial charge in [-0.1, -0.05) is 41.9 Å². The van der Waals surface area contributed by atoms with E-state index in [1.165, 1.54) is 5.69 Å². The molecule has 3 rings (SSSR count). The van der Waals surface area contributed by atoms with Crippen molar-refractivity contribution in [2.24, 2.45) is 0 Å². The molecule has 24 heavy (non-hydrogen) atoms. The van der Waals surface area contributed by atoms with E-state index < -0.39 is 12.0 Å². The number of carbonyl (C=O) groups is 1. The van der Waals surface area contributed by atoms with E-state index in [1.807, 2.05) is 42.5 Å². The third-order valence-corrected chi connectivity index (χ3v) is 4.76. The zero-order chi connectivity index (χ0) is 16.9. The molecule has 2 aromatic carbocycles. The number of hydrogen-bond donors (Lipinski definition) is 1. The van der Waals surface area contributed by atoms with Gasteiger partial charge < -0.3 is 10.0 Å². The van der Waals surface area contributed by atoms with E-state index in [1.54, 1.807) is 0 Å². The van der Waals surface area contributed by atoms with E-state index in [2.05, 4.69) is 21.9 Å². The lowest BCUT2D eigenvalue weighted by atomic mass is 10.0. The Morgan fingerprint density at radius 2 is 1.62 bits per heavy atom. The van der Waals surface area contributed by atoms with Gasteiger partial charge in [0.05, 0.1) is 0 Å². The minimum atomic E-state index is -0.766. The average molecular weight is 345 g/mol. The molecule has 1 saturated heterocycles. The van der Waals surface area contributed by atoms with E-state index in [4.69, 9.17) is 11.6 Å². The molecule has 0 bridgehead atoms. The Kier molecular flexibility index (Phi) is 5.38. The van der Waals surface area contributed by atoms with Crippen molar-refractivity contribution in [3.8, 4) is 0 Å². The number of anilines is 1. The Balaban J connectivity index is 1.63. The van der Waals surface area contributed by atoms with Crippen LogP contribution < -0.4 is 4.90 Å². The molecule has 0 aliphatic carbocycles. The topological polar surface area (TPSA) is 43.8 Å². The van der Waals surface area contributed by atoms with Crippen molar-refractivity contribution in [1.82, 2.24) is 4.90 Å². The number of nitrogens with zero attached hydrogens (tertiary/aromatic N) is 2. The van der Waals surface area contributed by atoms with Gasteiger partial charge in [-0.05, 0) is 36.2 Å². The van der Waals surface area contributed by atoms with Gasteiger partial charge in [-0.15, -0.1) is 0 Å². The van der Waals surface area contributed by atoms with Gasteiger partial charge in [0.15, 0.2) is 0 Å². The molecule has 1 N–H and O–H groups in total. The molecule has 0 amide bonds. The van der Waals surface area contributed by atoms with E-state index in [9.17, 15) is 9.90 Å². The highest BCUT2D eigenvalue weighted by Gasteiger charge is 2.29. The number of hydrogen-bond acceptors (Lipinski definition) is 3. The summed E-state index contributed by atoms with van der Waals surface area (Å²) in [5, 5.41) is 10.3. The minimum absolute atomic E-state index is 0.496. The summed E-state index contributed by atoms with van der Waals surface area (Å²) in [4.78, 5) is 16.1. The Morgan fingerprint density at radius 3 is 2.21 bits per heavy atom. The van der Waals surface area contributed by atoms with E-state index in [0.717, 1.165) is 31.7 Å². The summed E-state index contributed by atoms with van der Waals surface area (Å²) in [5.41, 5.74) is 2.19. The van der Waals surface area contributed by atoms with Crippen molar-refractivity contribution >= 4 is 23.3 Å². The summed E-state index contributed by atoms with van der Waals surface area (Å²) < 4.78 is 0. The zero-order valence-electron chi connectivity index (χ0n) is 13.4. The number of rotatable bonds is 5. The van der Waals surface area contributed by atoms with Crippen molar-refractivity contribution < 1.29 is 9.90 Å². The second kappa shape index (κ2) is 7.69. The van der Waals surface area contributed by atoms with E-state index in [0.29, 0.717) is 11.4 Å². The van der Waals surface area contributed by atoms with Crippen LogP contribution in [0.3, 0.4) is 0 Å². The molecule has 5 heteroatoms. The summed E-state index contributed by atoms with van der Waals surface area (Å²) in [5.74, 6) is -0.766. The highest BCUT2D eigenvalue weighted by Crippen LogP contribution is 2.19. The van der Waals surface area contributed by atoms with Gasteiger partial charge in [0.1, 0.15) is 6.04 Å². The summed E-state index contributed by atoms with van der Waals surface area (Å²) >= 11 is 5.90. The Bertz CT molecular complexity index is 668. The smallest absolute Gasteiger partial charge is 0.321 e. The minimum Gasteiger partial charge on any atom is -0.480 e. The fourth-order valence-electron chi connectivity index (χ4n) is 3.15. The Hall–Kier alpha value is -2.04. The predicted molar refractivity (Wildman–Crippen MR) is 96.8 cm³/mol. The first-order chi connectivity index (χ1) is 11.6. The van der Waals surface area contributed by atoms with Crippen LogP contribution in [0, 0.1) is 0 Å². The first kappa shape index (κ1) is 16.8. The van der Waals surface area contributed by atoms with Gasteiger partial charge >= 0.3 is 5.97 Å². The van der Waals surface area contributed by atoms with E-state index in [-0.39, 0.29) is 0 Å². The number of para-hydroxylation sites is 1. The molecular formula is C19H21ClN2O2. The molecule has 126 valence electrons. The summed E-state index contributed by atoms with van der Waals surface area (Å²) in [6.45, 7) is 3.18. The van der Waals surface area contributed by atoms with Crippen molar-refractivity contribution in [3.05, 3.63) is 65.2 Å². The number of aliphatic carboxylic acids is 1. The third kappa shape index (κ3) is 4.08.